The second-order valence-electron chi connectivity index (χ2n) is 5.21. The second-order valence-corrected chi connectivity index (χ2v) is 5.21. The number of hydrogen-bond donors (Lipinski definition) is 0. The molecular formula is C16H16F3N3O. The Labute approximate surface area is 132 Å². The maximum atomic E-state index is 12.1. The second kappa shape index (κ2) is 6.36. The predicted octanol–water partition coefficient (Wildman–Crippen LogP) is 3.31. The van der Waals surface area contributed by atoms with Crippen molar-refractivity contribution in [3.05, 3.63) is 48.7 Å². The van der Waals surface area contributed by atoms with E-state index in [2.05, 4.69) is 31.7 Å². The molecule has 7 heteroatoms. The van der Waals surface area contributed by atoms with Crippen LogP contribution >= 0.6 is 0 Å². The summed E-state index contributed by atoms with van der Waals surface area (Å²) in [6.45, 7) is 3.21. The van der Waals surface area contributed by atoms with Crippen molar-refractivity contribution in [2.75, 3.05) is 36.0 Å². The number of rotatable bonds is 3. The Morgan fingerprint density at radius 1 is 0.870 bits per heavy atom. The number of anilines is 2. The fourth-order valence-electron chi connectivity index (χ4n) is 2.59. The lowest BCUT2D eigenvalue weighted by Gasteiger charge is -2.36. The molecule has 23 heavy (non-hydrogen) atoms. The van der Waals surface area contributed by atoms with Gasteiger partial charge in [0.2, 0.25) is 0 Å². The number of alkyl halides is 3. The Morgan fingerprint density at radius 3 is 2.09 bits per heavy atom. The number of pyridine rings is 1. The molecule has 0 atom stereocenters. The molecular weight excluding hydrogens is 307 g/mol. The number of piperazine rings is 1. The summed E-state index contributed by atoms with van der Waals surface area (Å²) in [4.78, 5) is 8.39. The van der Waals surface area contributed by atoms with Crippen LogP contribution in [0.4, 0.5) is 24.7 Å². The summed E-state index contributed by atoms with van der Waals surface area (Å²) in [6.07, 6.45) is -3.59. The van der Waals surface area contributed by atoms with E-state index in [0.717, 1.165) is 32.4 Å². The van der Waals surface area contributed by atoms with E-state index in [9.17, 15) is 13.2 Å². The Hall–Kier alpha value is -2.44. The molecule has 1 aliphatic rings. The van der Waals surface area contributed by atoms with Crippen LogP contribution in [0.1, 0.15) is 0 Å². The molecule has 2 heterocycles. The molecule has 0 aliphatic carbocycles. The van der Waals surface area contributed by atoms with Crippen molar-refractivity contribution in [2.24, 2.45) is 0 Å². The highest BCUT2D eigenvalue weighted by Gasteiger charge is 2.31. The third-order valence-electron chi connectivity index (χ3n) is 3.68. The molecule has 1 aromatic heterocycles. The van der Waals surface area contributed by atoms with Crippen LogP contribution in [0.25, 0.3) is 0 Å². The fourth-order valence-corrected chi connectivity index (χ4v) is 2.59. The molecule has 1 aromatic carbocycles. The van der Waals surface area contributed by atoms with Crippen molar-refractivity contribution in [3.63, 3.8) is 0 Å². The molecule has 0 unspecified atom stereocenters. The zero-order valence-electron chi connectivity index (χ0n) is 12.3. The summed E-state index contributed by atoms with van der Waals surface area (Å²) in [7, 11) is 0. The van der Waals surface area contributed by atoms with Crippen molar-refractivity contribution >= 4 is 11.5 Å². The van der Waals surface area contributed by atoms with Crippen molar-refractivity contribution < 1.29 is 17.9 Å². The van der Waals surface area contributed by atoms with Gasteiger partial charge in [-0.25, -0.2) is 4.98 Å². The SMILES string of the molecule is FC(F)(F)Oc1ccc(N2CCN(c3ccccc3)CC2)nc1. The normalized spacial score (nSPS) is 15.6. The van der Waals surface area contributed by atoms with Crippen molar-refractivity contribution in [1.29, 1.82) is 0 Å². The van der Waals surface area contributed by atoms with Gasteiger partial charge in [-0.1, -0.05) is 18.2 Å². The standard InChI is InChI=1S/C16H16F3N3O/c17-16(18,19)23-14-6-7-15(20-12-14)22-10-8-21(9-11-22)13-4-2-1-3-5-13/h1-7,12H,8-11H2. The van der Waals surface area contributed by atoms with E-state index in [0.29, 0.717) is 5.82 Å². The molecule has 0 radical (unpaired) electrons. The van der Waals surface area contributed by atoms with Gasteiger partial charge in [0.1, 0.15) is 11.6 Å². The van der Waals surface area contributed by atoms with Gasteiger partial charge in [-0.15, -0.1) is 13.2 Å². The van der Waals surface area contributed by atoms with E-state index in [-0.39, 0.29) is 5.75 Å². The lowest BCUT2D eigenvalue weighted by atomic mass is 10.2. The molecule has 1 fully saturated rings. The zero-order chi connectivity index (χ0) is 16.3. The first-order valence-electron chi connectivity index (χ1n) is 7.28. The van der Waals surface area contributed by atoms with Gasteiger partial charge >= 0.3 is 6.36 Å². The van der Waals surface area contributed by atoms with Crippen LogP contribution in [0.5, 0.6) is 5.75 Å². The molecule has 0 N–H and O–H groups in total. The van der Waals surface area contributed by atoms with Crippen LogP contribution in [0.3, 0.4) is 0 Å². The van der Waals surface area contributed by atoms with Gasteiger partial charge in [-0.3, -0.25) is 0 Å². The topological polar surface area (TPSA) is 28.6 Å². The van der Waals surface area contributed by atoms with E-state index in [1.807, 2.05) is 18.2 Å². The van der Waals surface area contributed by atoms with Crippen molar-refractivity contribution in [2.45, 2.75) is 6.36 Å². The van der Waals surface area contributed by atoms with Crippen molar-refractivity contribution in [3.8, 4) is 5.75 Å². The molecule has 3 rings (SSSR count). The van der Waals surface area contributed by atoms with Crippen LogP contribution in [-0.2, 0) is 0 Å². The van der Waals surface area contributed by atoms with Crippen LogP contribution in [0, 0.1) is 0 Å². The molecule has 0 amide bonds. The summed E-state index contributed by atoms with van der Waals surface area (Å²) in [5.74, 6) is 0.358. The molecule has 122 valence electrons. The van der Waals surface area contributed by atoms with Crippen LogP contribution in [0.15, 0.2) is 48.7 Å². The first-order valence-corrected chi connectivity index (χ1v) is 7.28. The van der Waals surface area contributed by atoms with Crippen LogP contribution < -0.4 is 14.5 Å². The minimum Gasteiger partial charge on any atom is -0.404 e. The number of halogens is 3. The highest BCUT2D eigenvalue weighted by molar-refractivity contribution is 5.49. The maximum absolute atomic E-state index is 12.1. The third kappa shape index (κ3) is 4.06. The van der Waals surface area contributed by atoms with Gasteiger partial charge in [-0.2, -0.15) is 0 Å². The summed E-state index contributed by atoms with van der Waals surface area (Å²) in [5, 5.41) is 0. The van der Waals surface area contributed by atoms with Crippen molar-refractivity contribution in [1.82, 2.24) is 4.98 Å². The Balaban J connectivity index is 1.59. The molecule has 0 saturated carbocycles. The number of hydrogen-bond acceptors (Lipinski definition) is 4. The Bertz CT molecular complexity index is 623. The number of benzene rings is 1. The summed E-state index contributed by atoms with van der Waals surface area (Å²) < 4.78 is 40.2. The number of para-hydroxylation sites is 1. The quantitative estimate of drug-likeness (QED) is 0.866. The average Bonchev–Trinajstić information content (AvgIpc) is 2.55. The van der Waals surface area contributed by atoms with Gasteiger partial charge in [0.25, 0.3) is 0 Å². The first-order chi connectivity index (χ1) is 11.0. The first kappa shape index (κ1) is 15.5. The summed E-state index contributed by atoms with van der Waals surface area (Å²) in [5.41, 5.74) is 1.18. The maximum Gasteiger partial charge on any atom is 0.573 e. The summed E-state index contributed by atoms with van der Waals surface area (Å²) >= 11 is 0. The van der Waals surface area contributed by atoms with E-state index in [1.54, 1.807) is 6.07 Å². The molecule has 1 aliphatic heterocycles. The Morgan fingerprint density at radius 2 is 1.52 bits per heavy atom. The van der Waals surface area contributed by atoms with Gasteiger partial charge in [0.15, 0.2) is 0 Å². The van der Waals surface area contributed by atoms with Gasteiger partial charge in [0, 0.05) is 31.9 Å². The number of aromatic nitrogens is 1. The minimum atomic E-state index is -4.69. The monoisotopic (exact) mass is 323 g/mol. The van der Waals surface area contributed by atoms with Gasteiger partial charge < -0.3 is 14.5 Å². The van der Waals surface area contributed by atoms with E-state index in [1.165, 1.54) is 11.8 Å². The fraction of sp³-hybridized carbons (Fsp3) is 0.312. The molecule has 2 aromatic rings. The lowest BCUT2D eigenvalue weighted by Crippen LogP contribution is -2.46. The van der Waals surface area contributed by atoms with E-state index >= 15 is 0 Å². The molecule has 0 bridgehead atoms. The van der Waals surface area contributed by atoms with E-state index in [4.69, 9.17) is 0 Å². The number of ether oxygens (including phenoxy) is 1. The van der Waals surface area contributed by atoms with Crippen LogP contribution in [0.2, 0.25) is 0 Å². The lowest BCUT2D eigenvalue weighted by molar-refractivity contribution is -0.274. The summed E-state index contributed by atoms with van der Waals surface area (Å²) in [6, 6.07) is 13.0. The predicted molar refractivity (Wildman–Crippen MR) is 81.8 cm³/mol. The average molecular weight is 323 g/mol. The van der Waals surface area contributed by atoms with E-state index < -0.39 is 6.36 Å². The van der Waals surface area contributed by atoms with Gasteiger partial charge in [-0.05, 0) is 24.3 Å². The molecule has 0 spiro atoms. The van der Waals surface area contributed by atoms with Crippen LogP contribution in [-0.4, -0.2) is 37.5 Å². The smallest absolute Gasteiger partial charge is 0.404 e. The number of nitrogens with zero attached hydrogens (tertiary/aromatic N) is 3. The molecule has 4 nitrogen and oxygen atoms in total. The Kier molecular flexibility index (Phi) is 4.27. The zero-order valence-corrected chi connectivity index (χ0v) is 12.3. The third-order valence-corrected chi connectivity index (χ3v) is 3.68. The highest BCUT2D eigenvalue weighted by atomic mass is 19.4. The van der Waals surface area contributed by atoms with Gasteiger partial charge in [0.05, 0.1) is 6.20 Å². The highest BCUT2D eigenvalue weighted by Crippen LogP contribution is 2.24. The molecule has 1 saturated heterocycles. The minimum absolute atomic E-state index is 0.302. The largest absolute Gasteiger partial charge is 0.573 e.